The van der Waals surface area contributed by atoms with Gasteiger partial charge in [-0.25, -0.2) is 4.98 Å². The summed E-state index contributed by atoms with van der Waals surface area (Å²) in [6.45, 7) is 6.80. The highest BCUT2D eigenvalue weighted by molar-refractivity contribution is 6.06. The van der Waals surface area contributed by atoms with Gasteiger partial charge in [0.25, 0.3) is 11.6 Å². The van der Waals surface area contributed by atoms with Gasteiger partial charge in [0, 0.05) is 37.3 Å². The molecule has 2 aromatic rings. The zero-order chi connectivity index (χ0) is 17.6. The first-order valence-corrected chi connectivity index (χ1v) is 9.37. The van der Waals surface area contributed by atoms with Gasteiger partial charge in [-0.15, -0.1) is 0 Å². The highest BCUT2D eigenvalue weighted by atomic mass is 16.5. The minimum atomic E-state index is 0.0930. The van der Waals surface area contributed by atoms with Crippen molar-refractivity contribution in [3.63, 3.8) is 0 Å². The van der Waals surface area contributed by atoms with E-state index in [0.717, 1.165) is 67.7 Å². The van der Waals surface area contributed by atoms with E-state index < -0.39 is 0 Å². The molecule has 6 nitrogen and oxygen atoms in total. The Labute approximate surface area is 148 Å². The number of hydrogen-bond acceptors (Lipinski definition) is 5. The molecular weight excluding hydrogens is 316 g/mol. The van der Waals surface area contributed by atoms with E-state index in [4.69, 9.17) is 4.52 Å². The molecule has 0 bridgehead atoms. The van der Waals surface area contributed by atoms with Crippen molar-refractivity contribution in [2.75, 3.05) is 26.7 Å². The van der Waals surface area contributed by atoms with Gasteiger partial charge in [0.2, 0.25) is 0 Å². The van der Waals surface area contributed by atoms with Crippen LogP contribution in [0.15, 0.2) is 10.6 Å². The van der Waals surface area contributed by atoms with Gasteiger partial charge in [0.1, 0.15) is 0 Å². The molecule has 25 heavy (non-hydrogen) atoms. The van der Waals surface area contributed by atoms with Crippen LogP contribution in [0, 0.1) is 0 Å². The number of piperazine rings is 1. The molecule has 1 aliphatic carbocycles. The number of hydrogen-bond donors (Lipinski definition) is 0. The summed E-state index contributed by atoms with van der Waals surface area (Å²) in [6, 6.07) is 2.21. The third-order valence-electron chi connectivity index (χ3n) is 5.34. The Kier molecular flexibility index (Phi) is 4.23. The normalized spacial score (nSPS) is 21.9. The van der Waals surface area contributed by atoms with Crippen LogP contribution < -0.4 is 0 Å². The Balaban J connectivity index is 1.78. The first kappa shape index (κ1) is 16.5. The van der Waals surface area contributed by atoms with Crippen molar-refractivity contribution < 1.29 is 9.32 Å². The van der Waals surface area contributed by atoms with Crippen LogP contribution in [0.25, 0.3) is 11.1 Å². The van der Waals surface area contributed by atoms with E-state index >= 15 is 0 Å². The minimum Gasteiger partial charge on any atom is -0.336 e. The van der Waals surface area contributed by atoms with Crippen LogP contribution in [0.3, 0.4) is 0 Å². The fourth-order valence-electron chi connectivity index (χ4n) is 3.79. The van der Waals surface area contributed by atoms with E-state index in [1.54, 1.807) is 0 Å². The number of nitrogens with zero attached hydrogens (tertiary/aromatic N) is 4. The molecule has 0 unspecified atom stereocenters. The van der Waals surface area contributed by atoms with Gasteiger partial charge in [-0.1, -0.05) is 18.5 Å². The fourth-order valence-corrected chi connectivity index (χ4v) is 3.79. The molecule has 6 heteroatoms. The summed E-state index contributed by atoms with van der Waals surface area (Å²) in [5.74, 6) is 0.566. The lowest BCUT2D eigenvalue weighted by Crippen LogP contribution is -2.52. The van der Waals surface area contributed by atoms with Crippen LogP contribution in [0.5, 0.6) is 0 Å². The highest BCUT2D eigenvalue weighted by Gasteiger charge is 2.32. The number of fused-ring (bicyclic) bond motifs is 1. The molecule has 4 rings (SSSR count). The lowest BCUT2D eigenvalue weighted by molar-refractivity contribution is 0.0535. The molecule has 1 saturated heterocycles. The van der Waals surface area contributed by atoms with Crippen LogP contribution in [0.2, 0.25) is 0 Å². The summed E-state index contributed by atoms with van der Waals surface area (Å²) in [4.78, 5) is 22.3. The molecule has 2 fully saturated rings. The Morgan fingerprint density at radius 1 is 1.36 bits per heavy atom. The zero-order valence-corrected chi connectivity index (χ0v) is 15.3. The molecule has 1 saturated carbocycles. The number of rotatable bonds is 4. The Bertz CT molecular complexity index is 796. The molecule has 134 valence electrons. The van der Waals surface area contributed by atoms with Crippen molar-refractivity contribution >= 4 is 17.0 Å². The first-order chi connectivity index (χ1) is 12.1. The first-order valence-electron chi connectivity index (χ1n) is 9.37. The number of amides is 1. The summed E-state index contributed by atoms with van der Waals surface area (Å²) < 4.78 is 5.50. The molecule has 3 heterocycles. The second-order valence-corrected chi connectivity index (χ2v) is 7.54. The van der Waals surface area contributed by atoms with E-state index in [0.29, 0.717) is 11.6 Å². The maximum Gasteiger partial charge on any atom is 0.259 e. The lowest BCUT2D eigenvalue weighted by Gasteiger charge is -2.38. The number of likely N-dealkylation sites (N-methyl/N-ethyl adjacent to an activating group) is 1. The summed E-state index contributed by atoms with van der Waals surface area (Å²) >= 11 is 0. The molecule has 0 N–H and O–H groups in total. The second kappa shape index (κ2) is 6.41. The van der Waals surface area contributed by atoms with E-state index in [2.05, 4.69) is 35.9 Å². The predicted molar refractivity (Wildman–Crippen MR) is 95.8 cm³/mol. The maximum atomic E-state index is 13.4. The average Bonchev–Trinajstić information content (AvgIpc) is 3.36. The number of carbonyl (C=O) groups excluding carboxylic acids is 1. The fraction of sp³-hybridized carbons (Fsp3) is 0.632. The second-order valence-electron chi connectivity index (χ2n) is 7.54. The van der Waals surface area contributed by atoms with Crippen molar-refractivity contribution in [3.05, 3.63) is 23.0 Å². The molecule has 2 aromatic heterocycles. The molecule has 1 aliphatic heterocycles. The van der Waals surface area contributed by atoms with Crippen molar-refractivity contribution in [2.45, 2.75) is 51.5 Å². The lowest BCUT2D eigenvalue weighted by atomic mass is 10.0. The zero-order valence-electron chi connectivity index (χ0n) is 15.3. The number of carbonyl (C=O) groups is 1. The van der Waals surface area contributed by atoms with Crippen molar-refractivity contribution in [3.8, 4) is 0 Å². The Hall–Kier alpha value is -1.95. The van der Waals surface area contributed by atoms with Crippen LogP contribution in [-0.4, -0.2) is 58.6 Å². The molecule has 1 atom stereocenters. The Morgan fingerprint density at radius 3 is 2.84 bits per heavy atom. The topological polar surface area (TPSA) is 62.5 Å². The number of aryl methyl sites for hydroxylation is 1. The van der Waals surface area contributed by atoms with Gasteiger partial charge in [-0.3, -0.25) is 4.79 Å². The van der Waals surface area contributed by atoms with Gasteiger partial charge in [-0.05, 0) is 39.3 Å². The SMILES string of the molecule is CCCc1noc2nc(C3CC3)cc(C(=O)N3CCN(C)C[C@@H]3C)c12. The highest BCUT2D eigenvalue weighted by Crippen LogP contribution is 2.40. The summed E-state index contributed by atoms with van der Waals surface area (Å²) in [5, 5.41) is 5.03. The monoisotopic (exact) mass is 342 g/mol. The van der Waals surface area contributed by atoms with Crippen LogP contribution in [-0.2, 0) is 6.42 Å². The molecule has 0 spiro atoms. The van der Waals surface area contributed by atoms with E-state index in [-0.39, 0.29) is 11.9 Å². The standard InChI is InChI=1S/C19H26N4O2/c1-4-5-15-17-14(19(24)23-9-8-22(3)11-12(23)2)10-16(13-6-7-13)20-18(17)25-21-15/h10,12-13H,4-9,11H2,1-3H3/t12-/m0/s1. The minimum absolute atomic E-state index is 0.0930. The number of pyridine rings is 1. The quantitative estimate of drug-likeness (QED) is 0.855. The van der Waals surface area contributed by atoms with Gasteiger partial charge in [0.05, 0.1) is 16.6 Å². The van der Waals surface area contributed by atoms with Gasteiger partial charge < -0.3 is 14.3 Å². The van der Waals surface area contributed by atoms with Crippen LogP contribution >= 0.6 is 0 Å². The summed E-state index contributed by atoms with van der Waals surface area (Å²) in [7, 11) is 2.10. The van der Waals surface area contributed by atoms with Crippen LogP contribution in [0.1, 0.15) is 60.8 Å². The molecular formula is C19H26N4O2. The van der Waals surface area contributed by atoms with E-state index in [9.17, 15) is 4.79 Å². The van der Waals surface area contributed by atoms with Gasteiger partial charge in [-0.2, -0.15) is 0 Å². The third-order valence-corrected chi connectivity index (χ3v) is 5.34. The van der Waals surface area contributed by atoms with Gasteiger partial charge in [0.15, 0.2) is 0 Å². The molecule has 0 aromatic carbocycles. The maximum absolute atomic E-state index is 13.4. The summed E-state index contributed by atoms with van der Waals surface area (Å²) in [5.41, 5.74) is 3.10. The van der Waals surface area contributed by atoms with Crippen molar-refractivity contribution in [2.24, 2.45) is 0 Å². The summed E-state index contributed by atoms with van der Waals surface area (Å²) in [6.07, 6.45) is 4.06. The largest absolute Gasteiger partial charge is 0.336 e. The predicted octanol–water partition coefficient (Wildman–Crippen LogP) is 2.83. The third kappa shape index (κ3) is 3.03. The van der Waals surface area contributed by atoms with Crippen molar-refractivity contribution in [1.82, 2.24) is 19.9 Å². The van der Waals surface area contributed by atoms with Crippen molar-refractivity contribution in [1.29, 1.82) is 0 Å². The number of aromatic nitrogens is 2. The smallest absolute Gasteiger partial charge is 0.259 e. The Morgan fingerprint density at radius 2 is 2.16 bits per heavy atom. The molecule has 0 radical (unpaired) electrons. The molecule has 1 amide bonds. The molecule has 2 aliphatic rings. The van der Waals surface area contributed by atoms with E-state index in [1.807, 2.05) is 11.0 Å². The van der Waals surface area contributed by atoms with Crippen LogP contribution in [0.4, 0.5) is 0 Å². The van der Waals surface area contributed by atoms with Gasteiger partial charge >= 0.3 is 0 Å². The van der Waals surface area contributed by atoms with E-state index in [1.165, 1.54) is 0 Å². The average molecular weight is 342 g/mol.